The summed E-state index contributed by atoms with van der Waals surface area (Å²) in [5.74, 6) is 0.314. The van der Waals surface area contributed by atoms with Crippen molar-refractivity contribution in [3.63, 3.8) is 0 Å². The maximum Gasteiger partial charge on any atom is 0.252 e. The smallest absolute Gasteiger partial charge is 0.252 e. The monoisotopic (exact) mass is 341 g/mol. The van der Waals surface area contributed by atoms with E-state index in [2.05, 4.69) is 4.98 Å². The van der Waals surface area contributed by atoms with Crippen molar-refractivity contribution in [3.8, 4) is 16.2 Å². The molecule has 1 N–H and O–H groups in total. The first-order valence-electron chi connectivity index (χ1n) is 7.08. The summed E-state index contributed by atoms with van der Waals surface area (Å²) >= 11 is 2.56. The Morgan fingerprint density at radius 2 is 1.78 bits per heavy atom. The molecule has 3 aromatic rings. The highest BCUT2D eigenvalue weighted by atomic mass is 32.2. The molecule has 0 unspecified atom stereocenters. The van der Waals surface area contributed by atoms with Crippen LogP contribution in [0.15, 0.2) is 53.6 Å². The van der Waals surface area contributed by atoms with Crippen molar-refractivity contribution < 1.29 is 9.90 Å². The number of hydrogen-bond donors (Lipinski definition) is 1. The van der Waals surface area contributed by atoms with Gasteiger partial charge in [0.1, 0.15) is 5.75 Å². The molecule has 2 aromatic carbocycles. The van der Waals surface area contributed by atoms with Gasteiger partial charge in [-0.1, -0.05) is 18.2 Å². The van der Waals surface area contributed by atoms with Crippen LogP contribution in [0.2, 0.25) is 0 Å². The van der Waals surface area contributed by atoms with E-state index in [0.717, 1.165) is 26.5 Å². The minimum Gasteiger partial charge on any atom is -0.507 e. The molecule has 0 aliphatic heterocycles. The van der Waals surface area contributed by atoms with Crippen LogP contribution in [-0.2, 0) is 0 Å². The predicted octanol–water partition coefficient (Wildman–Crippen LogP) is 5.07. The van der Waals surface area contributed by atoms with E-state index in [4.69, 9.17) is 0 Å². The molecule has 3 rings (SSSR count). The van der Waals surface area contributed by atoms with E-state index >= 15 is 0 Å². The topological polar surface area (TPSA) is 50.2 Å². The van der Waals surface area contributed by atoms with Crippen molar-refractivity contribution in [1.29, 1.82) is 0 Å². The number of carbonyl (C=O) groups is 1. The molecule has 3 nitrogen and oxygen atoms in total. The van der Waals surface area contributed by atoms with Crippen LogP contribution < -0.4 is 0 Å². The molecule has 0 saturated carbocycles. The summed E-state index contributed by atoms with van der Waals surface area (Å²) in [5, 5.41) is 10.3. The lowest BCUT2D eigenvalue weighted by molar-refractivity contribution is 0.108. The van der Waals surface area contributed by atoms with Crippen LogP contribution in [0.3, 0.4) is 0 Å². The first kappa shape index (κ1) is 15.8. The van der Waals surface area contributed by atoms with Gasteiger partial charge in [0.15, 0.2) is 5.01 Å². The van der Waals surface area contributed by atoms with E-state index in [1.807, 2.05) is 56.3 Å². The lowest BCUT2D eigenvalue weighted by atomic mass is 10.1. The van der Waals surface area contributed by atoms with Gasteiger partial charge in [-0.3, -0.25) is 4.79 Å². The Morgan fingerprint density at radius 1 is 1.13 bits per heavy atom. The highest BCUT2D eigenvalue weighted by molar-refractivity contribution is 8.14. The van der Waals surface area contributed by atoms with Gasteiger partial charge in [-0.25, -0.2) is 4.98 Å². The van der Waals surface area contributed by atoms with Gasteiger partial charge in [-0.05, 0) is 66.6 Å². The molecule has 0 aliphatic rings. The second kappa shape index (κ2) is 6.56. The summed E-state index contributed by atoms with van der Waals surface area (Å²) in [6.45, 7) is 3.73. The highest BCUT2D eigenvalue weighted by Gasteiger charge is 2.15. The normalized spacial score (nSPS) is 10.7. The third-order valence-corrected chi connectivity index (χ3v) is 5.47. The van der Waals surface area contributed by atoms with Crippen LogP contribution in [0, 0.1) is 13.8 Å². The van der Waals surface area contributed by atoms with Crippen LogP contribution in [0.25, 0.3) is 10.4 Å². The van der Waals surface area contributed by atoms with Gasteiger partial charge >= 0.3 is 0 Å². The van der Waals surface area contributed by atoms with E-state index in [9.17, 15) is 9.90 Å². The maximum atomic E-state index is 12.3. The molecule has 0 spiro atoms. The van der Waals surface area contributed by atoms with Crippen LogP contribution in [0.4, 0.5) is 0 Å². The number of aryl methyl sites for hydroxylation is 2. The van der Waals surface area contributed by atoms with Crippen LogP contribution >= 0.6 is 23.1 Å². The maximum absolute atomic E-state index is 12.3. The van der Waals surface area contributed by atoms with Crippen LogP contribution in [0.5, 0.6) is 5.75 Å². The fourth-order valence-corrected chi connectivity index (χ4v) is 3.87. The summed E-state index contributed by atoms with van der Waals surface area (Å²) in [4.78, 5) is 18.4. The van der Waals surface area contributed by atoms with Crippen molar-refractivity contribution in [3.05, 3.63) is 64.8 Å². The van der Waals surface area contributed by atoms with E-state index in [1.165, 1.54) is 23.1 Å². The second-order valence-corrected chi connectivity index (χ2v) is 7.27. The SMILES string of the molecule is Cc1cc(-c2cnc(C(=O)Sc3ccccc3)s2)cc(C)c1O. The summed E-state index contributed by atoms with van der Waals surface area (Å²) < 4.78 is 0. The number of rotatable bonds is 3. The molecule has 0 saturated heterocycles. The van der Waals surface area contributed by atoms with Crippen molar-refractivity contribution in [2.45, 2.75) is 18.7 Å². The Morgan fingerprint density at radius 3 is 2.43 bits per heavy atom. The molecule has 1 aromatic heterocycles. The Kier molecular flexibility index (Phi) is 4.50. The van der Waals surface area contributed by atoms with E-state index in [0.29, 0.717) is 10.8 Å². The Labute approximate surface area is 143 Å². The molecule has 1 heterocycles. The average molecular weight is 341 g/mol. The highest BCUT2D eigenvalue weighted by Crippen LogP contribution is 2.33. The van der Waals surface area contributed by atoms with Crippen molar-refractivity contribution in [1.82, 2.24) is 4.98 Å². The van der Waals surface area contributed by atoms with Crippen LogP contribution in [-0.4, -0.2) is 15.2 Å². The van der Waals surface area contributed by atoms with Gasteiger partial charge in [-0.15, -0.1) is 11.3 Å². The standard InChI is InChI=1S/C18H15NO2S2/c1-11-8-13(9-12(2)16(11)20)15-10-19-17(23-15)18(21)22-14-6-4-3-5-7-14/h3-10,20H,1-2H3. The molecule has 0 fully saturated rings. The quantitative estimate of drug-likeness (QED) is 0.676. The number of aromatic hydroxyl groups is 1. The molecule has 0 aliphatic carbocycles. The number of benzene rings is 2. The van der Waals surface area contributed by atoms with E-state index in [1.54, 1.807) is 6.20 Å². The zero-order valence-corrected chi connectivity index (χ0v) is 14.4. The number of nitrogens with zero attached hydrogens (tertiary/aromatic N) is 1. The fraction of sp³-hybridized carbons (Fsp3) is 0.111. The predicted molar refractivity (Wildman–Crippen MR) is 95.3 cm³/mol. The van der Waals surface area contributed by atoms with Crippen molar-refractivity contribution in [2.75, 3.05) is 0 Å². The minimum absolute atomic E-state index is 0.0559. The fourth-order valence-electron chi connectivity index (χ4n) is 2.24. The first-order chi connectivity index (χ1) is 11.0. The minimum atomic E-state index is -0.0559. The zero-order chi connectivity index (χ0) is 16.4. The summed E-state index contributed by atoms with van der Waals surface area (Å²) in [6, 6.07) is 13.4. The Balaban J connectivity index is 1.84. The number of aromatic nitrogens is 1. The molecular formula is C18H15NO2S2. The average Bonchev–Trinajstić information content (AvgIpc) is 3.03. The van der Waals surface area contributed by atoms with E-state index in [-0.39, 0.29) is 5.12 Å². The molecule has 0 bridgehead atoms. The molecular weight excluding hydrogens is 326 g/mol. The molecule has 0 atom stereocenters. The number of thiazole rings is 1. The van der Waals surface area contributed by atoms with Crippen LogP contribution in [0.1, 0.15) is 20.9 Å². The lowest BCUT2D eigenvalue weighted by Crippen LogP contribution is -1.90. The molecule has 5 heteroatoms. The molecule has 23 heavy (non-hydrogen) atoms. The Bertz CT molecular complexity index is 833. The number of carbonyl (C=O) groups excluding carboxylic acids is 1. The largest absolute Gasteiger partial charge is 0.507 e. The summed E-state index contributed by atoms with van der Waals surface area (Å²) in [6.07, 6.45) is 1.72. The van der Waals surface area contributed by atoms with Gasteiger partial charge < -0.3 is 5.11 Å². The van der Waals surface area contributed by atoms with Gasteiger partial charge in [0.2, 0.25) is 0 Å². The van der Waals surface area contributed by atoms with Gasteiger partial charge in [0.05, 0.1) is 4.88 Å². The molecule has 116 valence electrons. The summed E-state index contributed by atoms with van der Waals surface area (Å²) in [5.41, 5.74) is 2.61. The van der Waals surface area contributed by atoms with Gasteiger partial charge in [0.25, 0.3) is 5.12 Å². The number of phenols is 1. The second-order valence-electron chi connectivity index (χ2n) is 5.19. The van der Waals surface area contributed by atoms with Crippen molar-refractivity contribution >= 4 is 28.2 Å². The number of phenolic OH excluding ortho intramolecular Hbond substituents is 1. The third-order valence-electron chi connectivity index (χ3n) is 3.41. The lowest BCUT2D eigenvalue weighted by Gasteiger charge is -2.05. The van der Waals surface area contributed by atoms with Crippen molar-refractivity contribution in [2.24, 2.45) is 0 Å². The number of hydrogen-bond acceptors (Lipinski definition) is 5. The summed E-state index contributed by atoms with van der Waals surface area (Å²) in [7, 11) is 0. The van der Waals surface area contributed by atoms with E-state index < -0.39 is 0 Å². The number of thioether (sulfide) groups is 1. The first-order valence-corrected chi connectivity index (χ1v) is 8.71. The molecule has 0 amide bonds. The molecule has 0 radical (unpaired) electrons. The van der Waals surface area contributed by atoms with Gasteiger partial charge in [0, 0.05) is 11.1 Å². The van der Waals surface area contributed by atoms with Gasteiger partial charge in [-0.2, -0.15) is 0 Å². The Hall–Kier alpha value is -2.11. The zero-order valence-electron chi connectivity index (χ0n) is 12.7. The third kappa shape index (κ3) is 3.46.